The molecule has 6 nitrogen and oxygen atoms in total. The van der Waals surface area contributed by atoms with Crippen molar-refractivity contribution < 1.29 is 9.15 Å². The molecule has 1 aromatic heterocycles. The van der Waals surface area contributed by atoms with E-state index in [1.54, 1.807) is 7.11 Å². The molecule has 1 aliphatic carbocycles. The smallest absolute Gasteiger partial charge is 0.315 e. The summed E-state index contributed by atoms with van der Waals surface area (Å²) in [5.41, 5.74) is 5.64. The van der Waals surface area contributed by atoms with Crippen molar-refractivity contribution in [1.29, 1.82) is 0 Å². The summed E-state index contributed by atoms with van der Waals surface area (Å²) < 4.78 is 10.8. The van der Waals surface area contributed by atoms with Gasteiger partial charge < -0.3 is 20.2 Å². The Balaban J connectivity index is 1.97. The quantitative estimate of drug-likeness (QED) is 0.798. The molecule has 0 saturated heterocycles. The van der Waals surface area contributed by atoms with Gasteiger partial charge in [0.15, 0.2) is 0 Å². The van der Waals surface area contributed by atoms with Crippen molar-refractivity contribution >= 4 is 6.01 Å². The van der Waals surface area contributed by atoms with Gasteiger partial charge in [-0.1, -0.05) is 5.10 Å². The average molecular weight is 226 g/mol. The molecule has 90 valence electrons. The van der Waals surface area contributed by atoms with Gasteiger partial charge in [-0.05, 0) is 26.2 Å². The topological polar surface area (TPSA) is 86.2 Å². The lowest BCUT2D eigenvalue weighted by Gasteiger charge is -2.17. The van der Waals surface area contributed by atoms with Crippen LogP contribution in [0.2, 0.25) is 0 Å². The van der Waals surface area contributed by atoms with E-state index in [0.717, 1.165) is 19.3 Å². The van der Waals surface area contributed by atoms with E-state index in [0.29, 0.717) is 11.9 Å². The van der Waals surface area contributed by atoms with Crippen LogP contribution in [0.1, 0.15) is 38.1 Å². The van der Waals surface area contributed by atoms with E-state index in [1.807, 2.05) is 6.92 Å². The zero-order chi connectivity index (χ0) is 11.5. The van der Waals surface area contributed by atoms with Crippen LogP contribution >= 0.6 is 0 Å². The zero-order valence-corrected chi connectivity index (χ0v) is 9.64. The standard InChI is InChI=1S/C10H18N4O2/c1-6(11)9-13-14-10(16-9)12-7-4-3-5-8(7)15-2/h6-8H,3-5,11H2,1-2H3,(H,12,14). The number of methoxy groups -OCH3 is 1. The SMILES string of the molecule is COC1CCCC1Nc1nnc(C(C)N)o1. The van der Waals surface area contributed by atoms with Gasteiger partial charge in [0, 0.05) is 7.11 Å². The van der Waals surface area contributed by atoms with Gasteiger partial charge in [0.05, 0.1) is 18.2 Å². The molecule has 0 radical (unpaired) electrons. The first-order chi connectivity index (χ1) is 7.70. The number of nitrogens with zero attached hydrogens (tertiary/aromatic N) is 2. The highest BCUT2D eigenvalue weighted by Crippen LogP contribution is 2.24. The van der Waals surface area contributed by atoms with Gasteiger partial charge in [-0.15, -0.1) is 5.10 Å². The van der Waals surface area contributed by atoms with Crippen LogP contribution < -0.4 is 11.1 Å². The molecular formula is C10H18N4O2. The lowest BCUT2D eigenvalue weighted by molar-refractivity contribution is 0.100. The number of nitrogens with one attached hydrogen (secondary N) is 1. The molecule has 1 aromatic rings. The first-order valence-electron chi connectivity index (χ1n) is 5.59. The molecule has 2 rings (SSSR count). The van der Waals surface area contributed by atoms with Crippen molar-refractivity contribution in [2.75, 3.05) is 12.4 Å². The van der Waals surface area contributed by atoms with Gasteiger partial charge in [-0.25, -0.2) is 0 Å². The third-order valence-electron chi connectivity index (χ3n) is 2.89. The second-order valence-corrected chi connectivity index (χ2v) is 4.19. The first kappa shape index (κ1) is 11.3. The van der Waals surface area contributed by atoms with Crippen LogP contribution in [-0.4, -0.2) is 29.5 Å². The summed E-state index contributed by atoms with van der Waals surface area (Å²) >= 11 is 0. The van der Waals surface area contributed by atoms with Crippen molar-refractivity contribution in [1.82, 2.24) is 10.2 Å². The second kappa shape index (κ2) is 4.80. The molecule has 0 aliphatic heterocycles. The molecule has 3 unspecified atom stereocenters. The largest absolute Gasteiger partial charge is 0.406 e. The Bertz CT molecular complexity index is 339. The van der Waals surface area contributed by atoms with E-state index in [2.05, 4.69) is 15.5 Å². The molecule has 3 N–H and O–H groups in total. The van der Waals surface area contributed by atoms with Gasteiger partial charge in [0.2, 0.25) is 5.89 Å². The Morgan fingerprint density at radius 1 is 1.50 bits per heavy atom. The predicted octanol–water partition coefficient (Wildman–Crippen LogP) is 1.07. The van der Waals surface area contributed by atoms with Crippen molar-refractivity contribution in [3.8, 4) is 0 Å². The summed E-state index contributed by atoms with van der Waals surface area (Å²) in [6.45, 7) is 1.81. The van der Waals surface area contributed by atoms with Crippen LogP contribution in [0.5, 0.6) is 0 Å². The van der Waals surface area contributed by atoms with Gasteiger partial charge in [-0.2, -0.15) is 0 Å². The van der Waals surface area contributed by atoms with Crippen molar-refractivity contribution in [2.45, 2.75) is 44.4 Å². The number of hydrogen-bond acceptors (Lipinski definition) is 6. The summed E-state index contributed by atoms with van der Waals surface area (Å²) in [6.07, 6.45) is 3.52. The van der Waals surface area contributed by atoms with Crippen molar-refractivity contribution in [2.24, 2.45) is 5.73 Å². The van der Waals surface area contributed by atoms with E-state index in [1.165, 1.54) is 0 Å². The number of aromatic nitrogens is 2. The number of nitrogens with two attached hydrogens (primary N) is 1. The molecule has 0 aromatic carbocycles. The molecule has 16 heavy (non-hydrogen) atoms. The number of rotatable bonds is 4. The van der Waals surface area contributed by atoms with E-state index in [9.17, 15) is 0 Å². The molecule has 6 heteroatoms. The van der Waals surface area contributed by atoms with E-state index in [-0.39, 0.29) is 18.2 Å². The van der Waals surface area contributed by atoms with E-state index >= 15 is 0 Å². The second-order valence-electron chi connectivity index (χ2n) is 4.19. The highest BCUT2D eigenvalue weighted by atomic mass is 16.5. The molecule has 1 aliphatic rings. The number of ether oxygens (including phenoxy) is 1. The summed E-state index contributed by atoms with van der Waals surface area (Å²) in [5, 5.41) is 11.0. The minimum atomic E-state index is -0.232. The van der Waals surface area contributed by atoms with Crippen molar-refractivity contribution in [3.05, 3.63) is 5.89 Å². The first-order valence-corrected chi connectivity index (χ1v) is 5.59. The molecule has 0 spiro atoms. The third kappa shape index (κ3) is 2.33. The minimum Gasteiger partial charge on any atom is -0.406 e. The normalized spacial score (nSPS) is 26.9. The van der Waals surface area contributed by atoms with E-state index < -0.39 is 0 Å². The lowest BCUT2D eigenvalue weighted by Crippen LogP contribution is -2.29. The summed E-state index contributed by atoms with van der Waals surface area (Å²) in [7, 11) is 1.73. The van der Waals surface area contributed by atoms with E-state index in [4.69, 9.17) is 14.9 Å². The third-order valence-corrected chi connectivity index (χ3v) is 2.89. The molecule has 1 fully saturated rings. The Morgan fingerprint density at radius 3 is 2.94 bits per heavy atom. The molecule has 3 atom stereocenters. The van der Waals surface area contributed by atoms with Gasteiger partial charge in [0.25, 0.3) is 0 Å². The van der Waals surface area contributed by atoms with Crippen LogP contribution in [0.15, 0.2) is 4.42 Å². The minimum absolute atomic E-state index is 0.227. The monoisotopic (exact) mass is 226 g/mol. The maximum absolute atomic E-state index is 5.64. The van der Waals surface area contributed by atoms with Crippen molar-refractivity contribution in [3.63, 3.8) is 0 Å². The maximum Gasteiger partial charge on any atom is 0.315 e. The predicted molar refractivity (Wildman–Crippen MR) is 59.0 cm³/mol. The molecule has 0 bridgehead atoms. The Kier molecular flexibility index (Phi) is 3.40. The molecule has 0 amide bonds. The number of hydrogen-bond donors (Lipinski definition) is 2. The van der Waals surface area contributed by atoms with Gasteiger partial charge in [-0.3, -0.25) is 0 Å². The summed E-state index contributed by atoms with van der Waals surface area (Å²) in [6, 6.07) is 0.456. The highest BCUT2D eigenvalue weighted by molar-refractivity contribution is 5.21. The van der Waals surface area contributed by atoms with Crippen LogP contribution in [-0.2, 0) is 4.74 Å². The fraction of sp³-hybridized carbons (Fsp3) is 0.800. The summed E-state index contributed by atoms with van der Waals surface area (Å²) in [4.78, 5) is 0. The average Bonchev–Trinajstić information content (AvgIpc) is 2.87. The van der Waals surface area contributed by atoms with Crippen LogP contribution in [0, 0.1) is 0 Å². The van der Waals surface area contributed by atoms with Gasteiger partial charge >= 0.3 is 6.01 Å². The molecular weight excluding hydrogens is 208 g/mol. The Morgan fingerprint density at radius 2 is 2.31 bits per heavy atom. The zero-order valence-electron chi connectivity index (χ0n) is 9.64. The van der Waals surface area contributed by atoms with Crippen LogP contribution in [0.25, 0.3) is 0 Å². The Hall–Kier alpha value is -1.14. The maximum atomic E-state index is 5.64. The van der Waals surface area contributed by atoms with Gasteiger partial charge in [0.1, 0.15) is 0 Å². The number of anilines is 1. The summed E-state index contributed by atoms with van der Waals surface area (Å²) in [5.74, 6) is 0.453. The van der Waals surface area contributed by atoms with Crippen LogP contribution in [0.3, 0.4) is 0 Å². The van der Waals surface area contributed by atoms with Crippen LogP contribution in [0.4, 0.5) is 6.01 Å². The fourth-order valence-corrected chi connectivity index (χ4v) is 2.01. The highest BCUT2D eigenvalue weighted by Gasteiger charge is 2.28. The Labute approximate surface area is 94.6 Å². The molecule has 1 saturated carbocycles. The fourth-order valence-electron chi connectivity index (χ4n) is 2.01. The molecule has 1 heterocycles. The lowest BCUT2D eigenvalue weighted by atomic mass is 10.2.